The maximum absolute atomic E-state index is 13.6. The van der Waals surface area contributed by atoms with Crippen LogP contribution >= 0.6 is 0 Å². The quantitative estimate of drug-likeness (QED) is 0.390. The fourth-order valence-corrected chi connectivity index (χ4v) is 4.46. The molecule has 0 radical (unpaired) electrons. The van der Waals surface area contributed by atoms with Crippen LogP contribution < -0.4 is 10.2 Å². The molecule has 1 amide bonds. The summed E-state index contributed by atoms with van der Waals surface area (Å²) in [6.45, 7) is 7.03. The van der Waals surface area contributed by atoms with Gasteiger partial charge in [-0.3, -0.25) is 15.4 Å². The van der Waals surface area contributed by atoms with E-state index in [9.17, 15) is 19.3 Å². The Morgan fingerprint density at radius 2 is 1.94 bits per heavy atom. The molecule has 194 valence electrons. The van der Waals surface area contributed by atoms with E-state index in [1.54, 1.807) is 39.0 Å². The average Bonchev–Trinajstić information content (AvgIpc) is 3.27. The largest absolute Gasteiger partial charge is 0.444 e. The number of hydrogen-bond donors (Lipinski definition) is 1. The van der Waals surface area contributed by atoms with Gasteiger partial charge in [0.15, 0.2) is 6.29 Å². The number of amides is 1. The van der Waals surface area contributed by atoms with Gasteiger partial charge >= 0.3 is 6.09 Å². The topological polar surface area (TPSA) is 103 Å². The predicted molar refractivity (Wildman–Crippen MR) is 134 cm³/mol. The molecule has 2 fully saturated rings. The van der Waals surface area contributed by atoms with Crippen LogP contribution in [0.15, 0.2) is 36.4 Å². The minimum atomic E-state index is -0.789. The van der Waals surface area contributed by atoms with Crippen molar-refractivity contribution < 1.29 is 28.3 Å². The van der Waals surface area contributed by atoms with Crippen LogP contribution in [0.4, 0.5) is 26.2 Å². The third kappa shape index (κ3) is 6.50. The predicted octanol–water partition coefficient (Wildman–Crippen LogP) is 5.87. The van der Waals surface area contributed by atoms with E-state index in [4.69, 9.17) is 14.2 Å². The molecule has 2 atom stereocenters. The molecule has 1 N–H and O–H groups in total. The van der Waals surface area contributed by atoms with Crippen LogP contribution in [-0.2, 0) is 14.2 Å². The molecule has 10 heteroatoms. The Bertz CT molecular complexity index is 1100. The molecule has 0 spiro atoms. The van der Waals surface area contributed by atoms with Crippen molar-refractivity contribution in [2.75, 3.05) is 29.9 Å². The number of nitrogens with zero attached hydrogens (tertiary/aromatic N) is 2. The van der Waals surface area contributed by atoms with E-state index in [1.807, 2.05) is 0 Å². The zero-order valence-corrected chi connectivity index (χ0v) is 20.8. The molecule has 0 aliphatic carbocycles. The third-order valence-corrected chi connectivity index (χ3v) is 6.07. The first-order chi connectivity index (χ1) is 17.1. The average molecular weight is 502 g/mol. The van der Waals surface area contributed by atoms with E-state index < -0.39 is 22.4 Å². The van der Waals surface area contributed by atoms with Gasteiger partial charge in [-0.05, 0) is 70.2 Å². The number of rotatable bonds is 6. The van der Waals surface area contributed by atoms with Gasteiger partial charge in [0.25, 0.3) is 5.69 Å². The molecule has 0 saturated carbocycles. The fourth-order valence-electron chi connectivity index (χ4n) is 4.46. The molecular formula is C26H32FN3O6. The smallest absolute Gasteiger partial charge is 0.412 e. The van der Waals surface area contributed by atoms with Crippen LogP contribution in [0.1, 0.15) is 46.5 Å². The molecule has 2 aliphatic heterocycles. The van der Waals surface area contributed by atoms with E-state index in [0.717, 1.165) is 25.7 Å². The first kappa shape index (κ1) is 25.8. The summed E-state index contributed by atoms with van der Waals surface area (Å²) in [7, 11) is 0. The van der Waals surface area contributed by atoms with E-state index >= 15 is 0 Å². The Kier molecular flexibility index (Phi) is 7.75. The normalized spacial score (nSPS) is 20.3. The summed E-state index contributed by atoms with van der Waals surface area (Å²) in [5.41, 5.74) is 0.830. The molecule has 2 aromatic rings. The van der Waals surface area contributed by atoms with Crippen molar-refractivity contribution in [2.45, 2.75) is 64.4 Å². The monoisotopic (exact) mass is 501 g/mol. The Morgan fingerprint density at radius 3 is 2.58 bits per heavy atom. The van der Waals surface area contributed by atoms with Gasteiger partial charge in [-0.2, -0.15) is 0 Å². The second-order valence-electron chi connectivity index (χ2n) is 10.1. The van der Waals surface area contributed by atoms with Crippen LogP contribution in [0.2, 0.25) is 0 Å². The summed E-state index contributed by atoms with van der Waals surface area (Å²) in [5.74, 6) is -0.403. The molecule has 0 bridgehead atoms. The van der Waals surface area contributed by atoms with Gasteiger partial charge < -0.3 is 19.1 Å². The zero-order chi connectivity index (χ0) is 25.9. The standard InChI is InChI=1S/C26H32FN3O6/c1-26(2,3)36-25(31)28-21-15-22(29-12-11-19(16-29)35-24-6-4-5-13-34-24)20(14-23(21)30(32)33)17-7-9-18(27)10-8-17/h7-10,14-15,19,24H,4-6,11-13,16H2,1-3H3,(H,28,31)/t19-,24?/m1/s1. The number of anilines is 2. The molecule has 2 heterocycles. The Hall–Kier alpha value is -3.24. The van der Waals surface area contributed by atoms with Gasteiger partial charge in [0.1, 0.15) is 17.1 Å². The summed E-state index contributed by atoms with van der Waals surface area (Å²) in [6.07, 6.45) is 2.65. The number of benzene rings is 2. The van der Waals surface area contributed by atoms with E-state index in [-0.39, 0.29) is 23.8 Å². The highest BCUT2D eigenvalue weighted by Crippen LogP contribution is 2.41. The highest BCUT2D eigenvalue weighted by molar-refractivity contribution is 5.93. The number of carbonyl (C=O) groups excluding carboxylic acids is 1. The third-order valence-electron chi connectivity index (χ3n) is 6.07. The molecular weight excluding hydrogens is 469 g/mol. The second kappa shape index (κ2) is 10.8. The number of carbonyl (C=O) groups is 1. The van der Waals surface area contributed by atoms with Crippen LogP contribution in [-0.4, -0.2) is 48.7 Å². The van der Waals surface area contributed by atoms with Crippen molar-refractivity contribution in [1.29, 1.82) is 0 Å². The molecule has 36 heavy (non-hydrogen) atoms. The van der Waals surface area contributed by atoms with Gasteiger partial charge in [0.2, 0.25) is 0 Å². The molecule has 9 nitrogen and oxygen atoms in total. The van der Waals surface area contributed by atoms with Crippen molar-refractivity contribution >= 4 is 23.2 Å². The number of nitro groups is 1. The van der Waals surface area contributed by atoms with Gasteiger partial charge in [0, 0.05) is 37.0 Å². The Balaban J connectivity index is 1.67. The summed E-state index contributed by atoms with van der Waals surface area (Å²) in [5, 5.41) is 14.5. The first-order valence-corrected chi connectivity index (χ1v) is 12.2. The molecule has 1 unspecified atom stereocenters. The molecule has 0 aromatic heterocycles. The van der Waals surface area contributed by atoms with Gasteiger partial charge in [-0.15, -0.1) is 0 Å². The summed E-state index contributed by atoms with van der Waals surface area (Å²) < 4.78 is 30.8. The highest BCUT2D eigenvalue weighted by Gasteiger charge is 2.31. The molecule has 4 rings (SSSR count). The van der Waals surface area contributed by atoms with Crippen molar-refractivity contribution in [3.05, 3.63) is 52.3 Å². The van der Waals surface area contributed by atoms with Gasteiger partial charge in [0.05, 0.1) is 11.0 Å². The molecule has 2 aromatic carbocycles. The van der Waals surface area contributed by atoms with E-state index in [2.05, 4.69) is 10.2 Å². The van der Waals surface area contributed by atoms with Crippen molar-refractivity contribution in [3.8, 4) is 11.1 Å². The number of halogens is 1. The lowest BCUT2D eigenvalue weighted by Gasteiger charge is -2.27. The molecule has 2 aliphatic rings. The lowest BCUT2D eigenvalue weighted by Crippen LogP contribution is -2.30. The summed E-state index contributed by atoms with van der Waals surface area (Å²) in [6, 6.07) is 8.79. The summed E-state index contributed by atoms with van der Waals surface area (Å²) >= 11 is 0. The number of hydrogen-bond acceptors (Lipinski definition) is 7. The lowest BCUT2D eigenvalue weighted by molar-refractivity contribution is -0.383. The number of nitro benzene ring substituents is 1. The number of ether oxygens (including phenoxy) is 3. The van der Waals surface area contributed by atoms with Crippen LogP contribution in [0.25, 0.3) is 11.1 Å². The molecule has 2 saturated heterocycles. The van der Waals surface area contributed by atoms with E-state index in [0.29, 0.717) is 36.5 Å². The minimum Gasteiger partial charge on any atom is -0.444 e. The highest BCUT2D eigenvalue weighted by atomic mass is 19.1. The summed E-state index contributed by atoms with van der Waals surface area (Å²) in [4.78, 5) is 25.9. The minimum absolute atomic E-state index is 0.0232. The Morgan fingerprint density at radius 1 is 1.19 bits per heavy atom. The Labute approximate surface area is 209 Å². The maximum Gasteiger partial charge on any atom is 0.412 e. The van der Waals surface area contributed by atoms with Crippen LogP contribution in [0.5, 0.6) is 0 Å². The second-order valence-corrected chi connectivity index (χ2v) is 10.1. The van der Waals surface area contributed by atoms with Gasteiger partial charge in [-0.1, -0.05) is 12.1 Å². The first-order valence-electron chi connectivity index (χ1n) is 12.2. The maximum atomic E-state index is 13.6. The van der Waals surface area contributed by atoms with Crippen molar-refractivity contribution in [3.63, 3.8) is 0 Å². The van der Waals surface area contributed by atoms with Crippen molar-refractivity contribution in [2.24, 2.45) is 0 Å². The van der Waals surface area contributed by atoms with E-state index in [1.165, 1.54) is 18.2 Å². The lowest BCUT2D eigenvalue weighted by atomic mass is 10.0. The SMILES string of the molecule is CC(C)(C)OC(=O)Nc1cc(N2CC[C@@H](OC3CCCCO3)C2)c(-c2ccc(F)cc2)cc1[N+](=O)[O-]. The fraction of sp³-hybridized carbons (Fsp3) is 0.500. The van der Waals surface area contributed by atoms with Crippen LogP contribution in [0.3, 0.4) is 0 Å². The number of nitrogens with one attached hydrogen (secondary N) is 1. The van der Waals surface area contributed by atoms with Crippen LogP contribution in [0, 0.1) is 15.9 Å². The van der Waals surface area contributed by atoms with Crippen molar-refractivity contribution in [1.82, 2.24) is 0 Å². The van der Waals surface area contributed by atoms with Gasteiger partial charge in [-0.25, -0.2) is 9.18 Å². The zero-order valence-electron chi connectivity index (χ0n) is 20.8.